The summed E-state index contributed by atoms with van der Waals surface area (Å²) in [5.41, 5.74) is 0.761. The topological polar surface area (TPSA) is 45.8 Å². The zero-order chi connectivity index (χ0) is 17.5. The Balaban J connectivity index is 1.95. The van der Waals surface area contributed by atoms with Crippen molar-refractivity contribution in [1.29, 1.82) is 0 Å². The van der Waals surface area contributed by atoms with Crippen LogP contribution in [0.4, 0.5) is 13.2 Å². The SMILES string of the molecule is Cc1nc([C@H]2CC[C@@H](C(F)(F)F)CC2)c(-c2ccc(Cl)s2)c(=O)[nH]1. The Morgan fingerprint density at radius 1 is 1.25 bits per heavy atom. The van der Waals surface area contributed by atoms with Crippen LogP contribution >= 0.6 is 22.9 Å². The summed E-state index contributed by atoms with van der Waals surface area (Å²) in [7, 11) is 0. The summed E-state index contributed by atoms with van der Waals surface area (Å²) in [6, 6.07) is 3.45. The van der Waals surface area contributed by atoms with Crippen molar-refractivity contribution < 1.29 is 13.2 Å². The average molecular weight is 377 g/mol. The minimum Gasteiger partial charge on any atom is -0.310 e. The fourth-order valence-corrected chi connectivity index (χ4v) is 4.38. The van der Waals surface area contributed by atoms with E-state index < -0.39 is 12.1 Å². The molecule has 1 aliphatic rings. The van der Waals surface area contributed by atoms with Gasteiger partial charge in [-0.3, -0.25) is 4.79 Å². The number of nitrogens with zero attached hydrogens (tertiary/aromatic N) is 1. The van der Waals surface area contributed by atoms with E-state index >= 15 is 0 Å². The third kappa shape index (κ3) is 3.52. The highest BCUT2D eigenvalue weighted by Gasteiger charge is 2.42. The Morgan fingerprint density at radius 2 is 1.92 bits per heavy atom. The molecule has 3 nitrogen and oxygen atoms in total. The third-order valence-electron chi connectivity index (χ3n) is 4.46. The summed E-state index contributed by atoms with van der Waals surface area (Å²) in [6.45, 7) is 1.68. The van der Waals surface area contributed by atoms with Gasteiger partial charge >= 0.3 is 6.18 Å². The van der Waals surface area contributed by atoms with Crippen LogP contribution in [0, 0.1) is 12.8 Å². The molecule has 8 heteroatoms. The van der Waals surface area contributed by atoms with E-state index in [1.165, 1.54) is 11.3 Å². The lowest BCUT2D eigenvalue weighted by molar-refractivity contribution is -0.182. The predicted octanol–water partition coefficient (Wildman–Crippen LogP) is 5.30. The maximum absolute atomic E-state index is 12.9. The highest BCUT2D eigenvalue weighted by Crippen LogP contribution is 2.44. The quantitative estimate of drug-likeness (QED) is 0.773. The number of aryl methyl sites for hydroxylation is 1. The van der Waals surface area contributed by atoms with Gasteiger partial charge in [0.25, 0.3) is 5.56 Å². The van der Waals surface area contributed by atoms with Gasteiger partial charge in [0.2, 0.25) is 0 Å². The number of aromatic amines is 1. The smallest absolute Gasteiger partial charge is 0.310 e. The van der Waals surface area contributed by atoms with E-state index in [-0.39, 0.29) is 24.3 Å². The minimum atomic E-state index is -4.15. The van der Waals surface area contributed by atoms with Gasteiger partial charge in [-0.05, 0) is 44.7 Å². The van der Waals surface area contributed by atoms with Crippen LogP contribution in [-0.4, -0.2) is 16.1 Å². The van der Waals surface area contributed by atoms with Crippen molar-refractivity contribution in [2.75, 3.05) is 0 Å². The van der Waals surface area contributed by atoms with Crippen LogP contribution in [0.5, 0.6) is 0 Å². The fourth-order valence-electron chi connectivity index (χ4n) is 3.28. The van der Waals surface area contributed by atoms with Crippen LogP contribution in [0.15, 0.2) is 16.9 Å². The zero-order valence-electron chi connectivity index (χ0n) is 12.9. The standard InChI is InChI=1S/C16H16ClF3N2OS/c1-8-21-14(9-2-4-10(5-3-9)16(18,19)20)13(15(23)22-8)11-6-7-12(17)24-11/h6-7,9-10H,2-5H2,1H3,(H,21,22,23)/t9-,10+. The first-order valence-electron chi connectivity index (χ1n) is 7.69. The lowest BCUT2D eigenvalue weighted by Gasteiger charge is -2.30. The summed E-state index contributed by atoms with van der Waals surface area (Å²) < 4.78 is 39.1. The Morgan fingerprint density at radius 3 is 2.46 bits per heavy atom. The van der Waals surface area contributed by atoms with Gasteiger partial charge in [-0.15, -0.1) is 11.3 Å². The van der Waals surface area contributed by atoms with Gasteiger partial charge in [-0.1, -0.05) is 11.6 Å². The van der Waals surface area contributed by atoms with Gasteiger partial charge in [0.1, 0.15) is 5.82 Å². The molecule has 1 saturated carbocycles. The lowest BCUT2D eigenvalue weighted by atomic mass is 9.79. The van der Waals surface area contributed by atoms with Crippen LogP contribution in [0.1, 0.15) is 43.1 Å². The number of H-pyrrole nitrogens is 1. The van der Waals surface area contributed by atoms with Crippen LogP contribution < -0.4 is 5.56 Å². The van der Waals surface area contributed by atoms with Crippen LogP contribution in [0.3, 0.4) is 0 Å². The van der Waals surface area contributed by atoms with Crippen molar-refractivity contribution >= 4 is 22.9 Å². The van der Waals surface area contributed by atoms with Crippen molar-refractivity contribution in [2.45, 2.75) is 44.7 Å². The Kier molecular flexibility index (Phi) is 4.75. The molecule has 1 aliphatic carbocycles. The first kappa shape index (κ1) is 17.5. The maximum atomic E-state index is 12.9. The number of rotatable bonds is 2. The molecule has 2 heterocycles. The van der Waals surface area contributed by atoms with Crippen molar-refractivity contribution in [3.8, 4) is 10.4 Å². The van der Waals surface area contributed by atoms with Crippen molar-refractivity contribution in [2.24, 2.45) is 5.92 Å². The van der Waals surface area contributed by atoms with Gasteiger partial charge in [-0.25, -0.2) is 4.98 Å². The minimum absolute atomic E-state index is 0.0757. The van der Waals surface area contributed by atoms with E-state index in [1.54, 1.807) is 19.1 Å². The Labute approximate surface area is 145 Å². The van der Waals surface area contributed by atoms with E-state index in [9.17, 15) is 18.0 Å². The van der Waals surface area contributed by atoms with Gasteiger partial charge < -0.3 is 4.98 Å². The molecule has 0 aliphatic heterocycles. The molecule has 1 N–H and O–H groups in total. The molecule has 0 aromatic carbocycles. The van der Waals surface area contributed by atoms with Crippen molar-refractivity contribution in [1.82, 2.24) is 9.97 Å². The molecular formula is C16H16ClF3N2OS. The van der Waals surface area contributed by atoms with Crippen molar-refractivity contribution in [3.05, 3.63) is 38.3 Å². The number of hydrogen-bond acceptors (Lipinski definition) is 3. The van der Waals surface area contributed by atoms with Gasteiger partial charge in [-0.2, -0.15) is 13.2 Å². The second kappa shape index (κ2) is 6.52. The van der Waals surface area contributed by atoms with Crippen molar-refractivity contribution in [3.63, 3.8) is 0 Å². The molecule has 0 atom stereocenters. The van der Waals surface area contributed by atoms with E-state index in [1.807, 2.05) is 0 Å². The Bertz CT molecular complexity index is 791. The van der Waals surface area contributed by atoms with Gasteiger partial charge in [0, 0.05) is 10.8 Å². The van der Waals surface area contributed by atoms with E-state index in [4.69, 9.17) is 11.6 Å². The highest BCUT2D eigenvalue weighted by molar-refractivity contribution is 7.19. The number of hydrogen-bond donors (Lipinski definition) is 1. The number of halogens is 4. The Hall–Kier alpha value is -1.34. The molecule has 0 spiro atoms. The molecule has 2 aromatic heterocycles. The van der Waals surface area contributed by atoms with E-state index in [0.29, 0.717) is 39.1 Å². The highest BCUT2D eigenvalue weighted by atomic mass is 35.5. The van der Waals surface area contributed by atoms with Gasteiger partial charge in [0.05, 0.1) is 21.5 Å². The summed E-state index contributed by atoms with van der Waals surface area (Å²) in [4.78, 5) is 20.3. The second-order valence-corrected chi connectivity index (χ2v) is 7.82. The molecule has 0 amide bonds. The summed E-state index contributed by atoms with van der Waals surface area (Å²) >= 11 is 7.23. The summed E-state index contributed by atoms with van der Waals surface area (Å²) in [5, 5.41) is 0. The van der Waals surface area contributed by atoms with Gasteiger partial charge in [0.15, 0.2) is 0 Å². The number of thiophene rings is 1. The van der Waals surface area contributed by atoms with Crippen LogP contribution in [0.25, 0.3) is 10.4 Å². The monoisotopic (exact) mass is 376 g/mol. The number of alkyl halides is 3. The molecular weight excluding hydrogens is 361 g/mol. The van der Waals surface area contributed by atoms with Crippen LogP contribution in [-0.2, 0) is 0 Å². The summed E-state index contributed by atoms with van der Waals surface area (Å²) in [6.07, 6.45) is -3.23. The molecule has 0 radical (unpaired) electrons. The predicted molar refractivity (Wildman–Crippen MR) is 88.7 cm³/mol. The molecule has 3 rings (SSSR count). The maximum Gasteiger partial charge on any atom is 0.391 e. The van der Waals surface area contributed by atoms with E-state index in [0.717, 1.165) is 0 Å². The average Bonchev–Trinajstić information content (AvgIpc) is 2.92. The van der Waals surface area contributed by atoms with E-state index in [2.05, 4.69) is 9.97 Å². The largest absolute Gasteiger partial charge is 0.391 e. The lowest BCUT2D eigenvalue weighted by Crippen LogP contribution is -2.28. The fraction of sp³-hybridized carbons (Fsp3) is 0.500. The first-order chi connectivity index (χ1) is 11.3. The van der Waals surface area contributed by atoms with Crippen LogP contribution in [0.2, 0.25) is 4.34 Å². The normalized spacial score (nSPS) is 21.9. The molecule has 130 valence electrons. The molecule has 0 unspecified atom stereocenters. The molecule has 2 aromatic rings. The molecule has 0 saturated heterocycles. The molecule has 0 bridgehead atoms. The third-order valence-corrected chi connectivity index (χ3v) is 5.71. The zero-order valence-corrected chi connectivity index (χ0v) is 14.5. The number of aromatic nitrogens is 2. The molecule has 1 fully saturated rings. The number of nitrogens with one attached hydrogen (secondary N) is 1. The molecule has 24 heavy (non-hydrogen) atoms. The second-order valence-electron chi connectivity index (χ2n) is 6.11. The summed E-state index contributed by atoms with van der Waals surface area (Å²) in [5.74, 6) is -0.920. The first-order valence-corrected chi connectivity index (χ1v) is 8.88.